The first-order valence-electron chi connectivity index (χ1n) is 7.31. The Morgan fingerprint density at radius 1 is 1.32 bits per heavy atom. The van der Waals surface area contributed by atoms with E-state index in [4.69, 9.17) is 0 Å². The van der Waals surface area contributed by atoms with Crippen LogP contribution in [0.3, 0.4) is 0 Å². The second-order valence-electron chi connectivity index (χ2n) is 5.10. The van der Waals surface area contributed by atoms with E-state index in [9.17, 15) is 4.79 Å². The van der Waals surface area contributed by atoms with E-state index in [0.29, 0.717) is 6.42 Å². The molecular formula is C14H26Cl2N4OS. The lowest BCUT2D eigenvalue weighted by Gasteiger charge is -2.34. The molecule has 0 bridgehead atoms. The van der Waals surface area contributed by atoms with Crippen molar-refractivity contribution in [1.29, 1.82) is 0 Å². The molecule has 1 aromatic rings. The van der Waals surface area contributed by atoms with Crippen LogP contribution in [0.2, 0.25) is 0 Å². The predicted molar refractivity (Wildman–Crippen MR) is 96.4 cm³/mol. The average Bonchev–Trinajstić information content (AvgIpc) is 2.93. The average molecular weight is 369 g/mol. The molecule has 1 aromatic heterocycles. The fourth-order valence-electron chi connectivity index (χ4n) is 2.36. The van der Waals surface area contributed by atoms with Gasteiger partial charge in [0.05, 0.1) is 10.7 Å². The summed E-state index contributed by atoms with van der Waals surface area (Å²) in [6.45, 7) is 7.39. The minimum absolute atomic E-state index is 0. The van der Waals surface area contributed by atoms with Crippen LogP contribution in [0.1, 0.15) is 24.0 Å². The lowest BCUT2D eigenvalue weighted by Crippen LogP contribution is -2.48. The van der Waals surface area contributed by atoms with Crippen LogP contribution in [0.15, 0.2) is 5.38 Å². The van der Waals surface area contributed by atoms with Crippen molar-refractivity contribution in [1.82, 2.24) is 20.1 Å². The molecule has 0 radical (unpaired) electrons. The normalized spacial score (nSPS) is 15.1. The van der Waals surface area contributed by atoms with E-state index in [-0.39, 0.29) is 30.7 Å². The van der Waals surface area contributed by atoms with E-state index < -0.39 is 0 Å². The number of nitrogens with one attached hydrogen (secondary N) is 1. The van der Waals surface area contributed by atoms with Gasteiger partial charge in [-0.25, -0.2) is 4.98 Å². The molecule has 1 aliphatic rings. The van der Waals surface area contributed by atoms with Gasteiger partial charge in [0.25, 0.3) is 0 Å². The molecule has 5 nitrogen and oxygen atoms in total. The molecule has 0 aromatic carbocycles. The lowest BCUT2D eigenvalue weighted by atomic mass is 10.2. The summed E-state index contributed by atoms with van der Waals surface area (Å²) in [5.74, 6) is 0.265. The molecule has 0 atom stereocenters. The number of halogens is 2. The number of carbonyl (C=O) groups is 1. The van der Waals surface area contributed by atoms with Crippen LogP contribution in [0.25, 0.3) is 0 Å². The highest BCUT2D eigenvalue weighted by molar-refractivity contribution is 7.09. The molecule has 2 rings (SSSR count). The van der Waals surface area contributed by atoms with Crippen molar-refractivity contribution in [3.05, 3.63) is 16.1 Å². The first-order chi connectivity index (χ1) is 9.72. The molecule has 128 valence electrons. The number of nitrogens with zero attached hydrogens (tertiary/aromatic N) is 3. The van der Waals surface area contributed by atoms with Crippen molar-refractivity contribution in [3.63, 3.8) is 0 Å². The molecule has 1 fully saturated rings. The van der Waals surface area contributed by atoms with Crippen LogP contribution < -0.4 is 5.32 Å². The van der Waals surface area contributed by atoms with Crippen molar-refractivity contribution >= 4 is 42.1 Å². The molecule has 0 unspecified atom stereocenters. The monoisotopic (exact) mass is 368 g/mol. The topological polar surface area (TPSA) is 48.5 Å². The minimum Gasteiger partial charge on any atom is -0.340 e. The minimum atomic E-state index is 0. The zero-order chi connectivity index (χ0) is 14.4. The summed E-state index contributed by atoms with van der Waals surface area (Å²) in [6, 6.07) is 0. The molecule has 0 aliphatic carbocycles. The maximum Gasteiger partial charge on any atom is 0.223 e. The van der Waals surface area contributed by atoms with Crippen LogP contribution in [0, 0.1) is 0 Å². The SMILES string of the molecule is CCc1nc(CN2CCN(C(=O)CCNC)CC2)cs1.Cl.Cl. The van der Waals surface area contributed by atoms with Crippen molar-refractivity contribution < 1.29 is 4.79 Å². The number of rotatable bonds is 6. The number of hydrogen-bond donors (Lipinski definition) is 1. The summed E-state index contributed by atoms with van der Waals surface area (Å²) in [7, 11) is 1.88. The van der Waals surface area contributed by atoms with E-state index in [2.05, 4.69) is 27.5 Å². The largest absolute Gasteiger partial charge is 0.340 e. The molecule has 22 heavy (non-hydrogen) atoms. The van der Waals surface area contributed by atoms with Gasteiger partial charge in [0, 0.05) is 51.1 Å². The highest BCUT2D eigenvalue weighted by Gasteiger charge is 2.21. The summed E-state index contributed by atoms with van der Waals surface area (Å²) in [6.07, 6.45) is 1.61. The molecule has 0 spiro atoms. The van der Waals surface area contributed by atoms with E-state index >= 15 is 0 Å². The molecule has 0 saturated carbocycles. The maximum atomic E-state index is 11.9. The summed E-state index contributed by atoms with van der Waals surface area (Å²) in [5, 5.41) is 6.39. The van der Waals surface area contributed by atoms with Crippen LogP contribution in [0.4, 0.5) is 0 Å². The highest BCUT2D eigenvalue weighted by atomic mass is 35.5. The van der Waals surface area contributed by atoms with E-state index in [1.165, 1.54) is 10.7 Å². The van der Waals surface area contributed by atoms with Gasteiger partial charge in [0.15, 0.2) is 0 Å². The number of hydrogen-bond acceptors (Lipinski definition) is 5. The van der Waals surface area contributed by atoms with Gasteiger partial charge in [0.1, 0.15) is 0 Å². The lowest BCUT2D eigenvalue weighted by molar-refractivity contribution is -0.132. The number of aryl methyl sites for hydroxylation is 1. The predicted octanol–water partition coefficient (Wildman–Crippen LogP) is 1.80. The Kier molecular flexibility index (Phi) is 11.0. The van der Waals surface area contributed by atoms with Crippen LogP contribution in [-0.2, 0) is 17.8 Å². The van der Waals surface area contributed by atoms with Crippen molar-refractivity contribution in [2.45, 2.75) is 26.3 Å². The Hall–Kier alpha value is -0.400. The first kappa shape index (κ1) is 21.6. The van der Waals surface area contributed by atoms with Gasteiger partial charge in [0.2, 0.25) is 5.91 Å². The fraction of sp³-hybridized carbons (Fsp3) is 0.714. The molecule has 1 amide bonds. The zero-order valence-corrected chi connectivity index (χ0v) is 15.7. The van der Waals surface area contributed by atoms with Gasteiger partial charge in [-0.3, -0.25) is 9.69 Å². The molecular weight excluding hydrogens is 343 g/mol. The van der Waals surface area contributed by atoms with Gasteiger partial charge in [-0.15, -0.1) is 36.2 Å². The maximum absolute atomic E-state index is 11.9. The van der Waals surface area contributed by atoms with Gasteiger partial charge in [-0.1, -0.05) is 6.92 Å². The van der Waals surface area contributed by atoms with Crippen molar-refractivity contribution in [3.8, 4) is 0 Å². The number of aromatic nitrogens is 1. The number of amides is 1. The molecule has 1 N–H and O–H groups in total. The van der Waals surface area contributed by atoms with Gasteiger partial charge in [-0.05, 0) is 13.5 Å². The Labute approximate surface area is 149 Å². The molecule has 2 heterocycles. The Morgan fingerprint density at radius 2 is 2.00 bits per heavy atom. The third-order valence-electron chi connectivity index (χ3n) is 3.60. The van der Waals surface area contributed by atoms with E-state index in [1.807, 2.05) is 11.9 Å². The molecule has 1 saturated heterocycles. The van der Waals surface area contributed by atoms with Crippen LogP contribution in [-0.4, -0.2) is 60.5 Å². The number of carbonyl (C=O) groups excluding carboxylic acids is 1. The summed E-state index contributed by atoms with van der Waals surface area (Å²) >= 11 is 1.74. The standard InChI is InChI=1S/C14H24N4OS.2ClH/c1-3-13-16-12(11-20-13)10-17-6-8-18(9-7-17)14(19)4-5-15-2;;/h11,15H,3-10H2,1-2H3;2*1H. The Bertz CT molecular complexity index is 436. The van der Waals surface area contributed by atoms with Crippen molar-refractivity contribution in [2.75, 3.05) is 39.8 Å². The fourth-order valence-corrected chi connectivity index (χ4v) is 3.09. The molecule has 8 heteroatoms. The number of thiazole rings is 1. The third kappa shape index (κ3) is 6.38. The van der Waals surface area contributed by atoms with E-state index in [1.54, 1.807) is 11.3 Å². The zero-order valence-electron chi connectivity index (χ0n) is 13.2. The first-order valence-corrected chi connectivity index (χ1v) is 8.19. The Morgan fingerprint density at radius 3 is 2.55 bits per heavy atom. The second-order valence-corrected chi connectivity index (χ2v) is 6.04. The highest BCUT2D eigenvalue weighted by Crippen LogP contribution is 2.13. The van der Waals surface area contributed by atoms with E-state index in [0.717, 1.165) is 45.7 Å². The summed E-state index contributed by atoms with van der Waals surface area (Å²) in [4.78, 5) is 20.9. The van der Waals surface area contributed by atoms with Gasteiger partial charge >= 0.3 is 0 Å². The summed E-state index contributed by atoms with van der Waals surface area (Å²) < 4.78 is 0. The number of piperazine rings is 1. The van der Waals surface area contributed by atoms with Crippen LogP contribution >= 0.6 is 36.2 Å². The summed E-state index contributed by atoms with van der Waals surface area (Å²) in [5.41, 5.74) is 1.17. The smallest absolute Gasteiger partial charge is 0.223 e. The van der Waals surface area contributed by atoms with Crippen LogP contribution in [0.5, 0.6) is 0 Å². The quantitative estimate of drug-likeness (QED) is 0.831. The van der Waals surface area contributed by atoms with Gasteiger partial charge < -0.3 is 10.2 Å². The Balaban J connectivity index is 0.00000220. The molecule has 1 aliphatic heterocycles. The van der Waals surface area contributed by atoms with Gasteiger partial charge in [-0.2, -0.15) is 0 Å². The third-order valence-corrected chi connectivity index (χ3v) is 4.64. The van der Waals surface area contributed by atoms with Crippen molar-refractivity contribution in [2.24, 2.45) is 0 Å². The second kappa shape index (κ2) is 11.2.